The molecule has 7 heteroatoms. The average Bonchev–Trinajstić information content (AvgIpc) is 3.21. The number of likely N-dealkylation sites (tertiary alicyclic amines) is 1. The molecule has 27 heavy (non-hydrogen) atoms. The molecule has 2 aromatic heterocycles. The Morgan fingerprint density at radius 3 is 2.85 bits per heavy atom. The molecule has 140 valence electrons. The van der Waals surface area contributed by atoms with Gasteiger partial charge in [-0.15, -0.1) is 11.3 Å². The number of rotatable bonds is 4. The van der Waals surface area contributed by atoms with Crippen LogP contribution in [-0.2, 0) is 11.2 Å². The first-order chi connectivity index (χ1) is 13.1. The lowest BCUT2D eigenvalue weighted by Gasteiger charge is -2.31. The van der Waals surface area contributed by atoms with Crippen LogP contribution >= 0.6 is 11.3 Å². The van der Waals surface area contributed by atoms with Crippen molar-refractivity contribution in [1.29, 1.82) is 0 Å². The Bertz CT molecular complexity index is 1010. The number of amides is 1. The molecule has 1 amide bonds. The van der Waals surface area contributed by atoms with Crippen molar-refractivity contribution in [3.63, 3.8) is 0 Å². The van der Waals surface area contributed by atoms with Gasteiger partial charge in [-0.2, -0.15) is 0 Å². The van der Waals surface area contributed by atoms with Gasteiger partial charge in [0.05, 0.1) is 10.5 Å². The number of carbonyl (C=O) groups excluding carboxylic acids is 1. The molecule has 1 N–H and O–H groups in total. The summed E-state index contributed by atoms with van der Waals surface area (Å²) in [6.07, 6.45) is 4.38. The maximum Gasteiger partial charge on any atom is 0.251 e. The average molecular weight is 385 g/mol. The largest absolute Gasteiger partial charge is 0.343 e. The highest BCUT2D eigenvalue weighted by molar-refractivity contribution is 7.09. The van der Waals surface area contributed by atoms with Crippen LogP contribution in [0.3, 0.4) is 0 Å². The van der Waals surface area contributed by atoms with E-state index in [1.165, 1.54) is 12.1 Å². The van der Waals surface area contributed by atoms with Gasteiger partial charge in [0.1, 0.15) is 5.82 Å². The van der Waals surface area contributed by atoms with E-state index in [0.29, 0.717) is 29.8 Å². The van der Waals surface area contributed by atoms with Crippen LogP contribution in [0.5, 0.6) is 0 Å². The lowest BCUT2D eigenvalue weighted by Crippen LogP contribution is -2.38. The van der Waals surface area contributed by atoms with Crippen LogP contribution in [0.25, 0.3) is 10.9 Å². The van der Waals surface area contributed by atoms with Crippen molar-refractivity contribution >= 4 is 28.1 Å². The molecule has 0 spiro atoms. The maximum atomic E-state index is 13.3. The molecular formula is C20H20FN3O2S. The number of thiazole rings is 1. The third-order valence-corrected chi connectivity index (χ3v) is 6.08. The van der Waals surface area contributed by atoms with Crippen LogP contribution in [0.2, 0.25) is 0 Å². The van der Waals surface area contributed by atoms with Crippen LogP contribution in [0.4, 0.5) is 4.39 Å². The molecule has 0 atom stereocenters. The van der Waals surface area contributed by atoms with Crippen molar-refractivity contribution < 1.29 is 9.18 Å². The smallest absolute Gasteiger partial charge is 0.251 e. The fraction of sp³-hybridized carbons (Fsp3) is 0.350. The number of benzene rings is 1. The van der Waals surface area contributed by atoms with Crippen LogP contribution in [-0.4, -0.2) is 33.9 Å². The third-order valence-electron chi connectivity index (χ3n) is 5.14. The van der Waals surface area contributed by atoms with Crippen molar-refractivity contribution in [3.05, 3.63) is 62.6 Å². The zero-order valence-electron chi connectivity index (χ0n) is 14.8. The van der Waals surface area contributed by atoms with Gasteiger partial charge in [0.25, 0.3) is 5.56 Å². The third kappa shape index (κ3) is 3.93. The number of nitrogens with zero attached hydrogens (tertiary/aromatic N) is 2. The quantitative estimate of drug-likeness (QED) is 0.748. The van der Waals surface area contributed by atoms with Crippen LogP contribution in [0, 0.1) is 5.82 Å². The summed E-state index contributed by atoms with van der Waals surface area (Å²) in [6.45, 7) is 1.47. The molecule has 1 aliphatic heterocycles. The standard InChI is InChI=1S/C20H20FN3O2S/c21-16-3-1-14-11-15(19(26)23-17(14)12-16)2-4-18(25)24-8-5-13(6-9-24)20-22-7-10-27-20/h1,3,7,10-13H,2,4-6,8-9H2,(H,23,26). The Hall–Kier alpha value is -2.54. The number of piperidine rings is 1. The summed E-state index contributed by atoms with van der Waals surface area (Å²) in [5.41, 5.74) is 0.767. The van der Waals surface area contributed by atoms with Crippen molar-refractivity contribution in [2.75, 3.05) is 13.1 Å². The van der Waals surface area contributed by atoms with E-state index in [1.54, 1.807) is 23.5 Å². The second-order valence-corrected chi connectivity index (χ2v) is 7.81. The predicted molar refractivity (Wildman–Crippen MR) is 104 cm³/mol. The Morgan fingerprint density at radius 2 is 2.11 bits per heavy atom. The summed E-state index contributed by atoms with van der Waals surface area (Å²) in [4.78, 5) is 33.7. The number of carbonyl (C=O) groups is 1. The summed E-state index contributed by atoms with van der Waals surface area (Å²) < 4.78 is 13.3. The molecule has 0 bridgehead atoms. The number of aromatic nitrogens is 2. The van der Waals surface area contributed by atoms with Crippen LogP contribution < -0.4 is 5.56 Å². The minimum atomic E-state index is -0.387. The fourth-order valence-electron chi connectivity index (χ4n) is 3.62. The van der Waals surface area contributed by atoms with E-state index in [9.17, 15) is 14.0 Å². The SMILES string of the molecule is O=C(CCc1cc2ccc(F)cc2[nH]c1=O)N1CCC(c2nccs2)CC1. The molecule has 5 nitrogen and oxygen atoms in total. The van der Waals surface area contributed by atoms with Gasteiger partial charge < -0.3 is 9.88 Å². The Morgan fingerprint density at radius 1 is 1.30 bits per heavy atom. The number of H-pyrrole nitrogens is 1. The van der Waals surface area contributed by atoms with Gasteiger partial charge in [0, 0.05) is 42.6 Å². The minimum Gasteiger partial charge on any atom is -0.343 e. The number of pyridine rings is 1. The van der Waals surface area contributed by atoms with Crippen LogP contribution in [0.1, 0.15) is 35.8 Å². The molecule has 0 saturated carbocycles. The Kier molecular flexibility index (Phi) is 5.03. The highest BCUT2D eigenvalue weighted by Crippen LogP contribution is 2.29. The van der Waals surface area contributed by atoms with Crippen molar-refractivity contribution in [2.45, 2.75) is 31.6 Å². The molecule has 3 aromatic rings. The summed E-state index contributed by atoms with van der Waals surface area (Å²) in [6, 6.07) is 6.05. The van der Waals surface area contributed by atoms with Gasteiger partial charge in [-0.05, 0) is 48.9 Å². The molecule has 1 aliphatic rings. The normalized spacial score (nSPS) is 15.4. The predicted octanol–water partition coefficient (Wildman–Crippen LogP) is 3.46. The highest BCUT2D eigenvalue weighted by Gasteiger charge is 2.25. The van der Waals surface area contributed by atoms with E-state index in [1.807, 2.05) is 16.5 Å². The molecule has 0 radical (unpaired) electrons. The summed E-state index contributed by atoms with van der Waals surface area (Å²) in [5.74, 6) is 0.131. The lowest BCUT2D eigenvalue weighted by atomic mass is 9.97. The number of hydrogen-bond donors (Lipinski definition) is 1. The van der Waals surface area contributed by atoms with Crippen molar-refractivity contribution in [1.82, 2.24) is 14.9 Å². The highest BCUT2D eigenvalue weighted by atomic mass is 32.1. The molecular weight excluding hydrogens is 365 g/mol. The maximum absolute atomic E-state index is 13.3. The van der Waals surface area contributed by atoms with Crippen molar-refractivity contribution in [2.24, 2.45) is 0 Å². The molecule has 1 fully saturated rings. The summed E-state index contributed by atoms with van der Waals surface area (Å²) in [7, 11) is 0. The Labute approximate surface area is 159 Å². The van der Waals surface area contributed by atoms with E-state index < -0.39 is 0 Å². The second kappa shape index (κ2) is 7.60. The van der Waals surface area contributed by atoms with E-state index in [0.717, 1.165) is 36.3 Å². The molecule has 3 heterocycles. The van der Waals surface area contributed by atoms with E-state index in [4.69, 9.17) is 0 Å². The molecule has 0 aliphatic carbocycles. The van der Waals surface area contributed by atoms with Gasteiger partial charge in [-0.25, -0.2) is 9.37 Å². The summed E-state index contributed by atoms with van der Waals surface area (Å²) in [5, 5.41) is 3.91. The number of halogens is 1. The molecule has 1 aromatic carbocycles. The van der Waals surface area contributed by atoms with Gasteiger partial charge in [0.15, 0.2) is 0 Å². The van der Waals surface area contributed by atoms with Crippen LogP contribution in [0.15, 0.2) is 40.6 Å². The number of fused-ring (bicyclic) bond motifs is 1. The van der Waals surface area contributed by atoms with Gasteiger partial charge in [-0.3, -0.25) is 9.59 Å². The number of aryl methyl sites for hydroxylation is 1. The number of hydrogen-bond acceptors (Lipinski definition) is 4. The van der Waals surface area contributed by atoms with Gasteiger partial charge in [-0.1, -0.05) is 0 Å². The lowest BCUT2D eigenvalue weighted by molar-refractivity contribution is -0.132. The van der Waals surface area contributed by atoms with E-state index in [-0.39, 0.29) is 17.3 Å². The van der Waals surface area contributed by atoms with Crippen molar-refractivity contribution in [3.8, 4) is 0 Å². The number of aromatic amines is 1. The van der Waals surface area contributed by atoms with Gasteiger partial charge >= 0.3 is 0 Å². The van der Waals surface area contributed by atoms with E-state index >= 15 is 0 Å². The molecule has 0 unspecified atom stereocenters. The minimum absolute atomic E-state index is 0.0752. The van der Waals surface area contributed by atoms with E-state index in [2.05, 4.69) is 9.97 Å². The molecule has 1 saturated heterocycles. The molecule has 4 rings (SSSR count). The fourth-order valence-corrected chi connectivity index (χ4v) is 4.43. The zero-order valence-corrected chi connectivity index (χ0v) is 15.6. The first kappa shape index (κ1) is 17.9. The number of nitrogens with one attached hydrogen (secondary N) is 1. The topological polar surface area (TPSA) is 66.1 Å². The second-order valence-electron chi connectivity index (χ2n) is 6.88. The summed E-state index contributed by atoms with van der Waals surface area (Å²) >= 11 is 1.67. The zero-order chi connectivity index (χ0) is 18.8. The Balaban J connectivity index is 1.37. The first-order valence-corrected chi connectivity index (χ1v) is 9.97. The first-order valence-electron chi connectivity index (χ1n) is 9.09. The van der Waals surface area contributed by atoms with Gasteiger partial charge in [0.2, 0.25) is 5.91 Å². The monoisotopic (exact) mass is 385 g/mol.